The fourth-order valence-electron chi connectivity index (χ4n) is 0.893. The minimum Gasteiger partial charge on any atom is -0.296 e. The van der Waals surface area contributed by atoms with Gasteiger partial charge in [-0.3, -0.25) is 5.43 Å². The van der Waals surface area contributed by atoms with Crippen LogP contribution >= 0.6 is 12.8 Å². The Hall–Kier alpha value is -0.710. The van der Waals surface area contributed by atoms with Gasteiger partial charge in [0.1, 0.15) is 0 Å². The van der Waals surface area contributed by atoms with E-state index < -0.39 is 0 Å². The number of nitrogens with zero attached hydrogens (tertiary/aromatic N) is 1. The van der Waals surface area contributed by atoms with Crippen molar-refractivity contribution in [2.75, 3.05) is 12.5 Å². The predicted octanol–water partition coefficient (Wildman–Crippen LogP) is 1.60. The van der Waals surface area contributed by atoms with Gasteiger partial charge in [0.05, 0.1) is 5.69 Å². The molecule has 12 heavy (non-hydrogen) atoms. The van der Waals surface area contributed by atoms with Gasteiger partial charge in [-0.25, -0.2) is 5.43 Å². The first-order chi connectivity index (χ1) is 5.72. The molecule has 0 amide bonds. The first-order valence-electron chi connectivity index (χ1n) is 3.72. The predicted molar refractivity (Wildman–Crippen MR) is 54.7 cm³/mol. The molecule has 0 unspecified atom stereocenters. The molecule has 1 aromatic carbocycles. The van der Waals surface area contributed by atoms with Gasteiger partial charge in [0.2, 0.25) is 0 Å². The quantitative estimate of drug-likeness (QED) is 0.491. The molecule has 3 nitrogen and oxygen atoms in total. The molecule has 1 aromatic rings. The molecule has 0 atom stereocenters. The summed E-state index contributed by atoms with van der Waals surface area (Å²) >= 11 is 4.09. The first kappa shape index (κ1) is 9.38. The standard InChI is InChI=1S/C8H13N3S/c1-7-4-3-5-8(6-7)10-11(12)9-2/h3-6,9-10,12H,1-2H3. The minimum absolute atomic E-state index is 1.01. The Balaban J connectivity index is 2.63. The van der Waals surface area contributed by atoms with Crippen LogP contribution < -0.4 is 10.9 Å². The van der Waals surface area contributed by atoms with Gasteiger partial charge < -0.3 is 0 Å². The van der Waals surface area contributed by atoms with Crippen molar-refractivity contribution in [1.82, 2.24) is 9.95 Å². The summed E-state index contributed by atoms with van der Waals surface area (Å²) in [6, 6.07) is 8.07. The van der Waals surface area contributed by atoms with Gasteiger partial charge in [0.25, 0.3) is 0 Å². The zero-order chi connectivity index (χ0) is 8.97. The summed E-state index contributed by atoms with van der Waals surface area (Å²) in [6.07, 6.45) is 0. The van der Waals surface area contributed by atoms with E-state index >= 15 is 0 Å². The summed E-state index contributed by atoms with van der Waals surface area (Å²) in [5.41, 5.74) is 8.07. The molecule has 0 spiro atoms. The molecule has 0 saturated carbocycles. The van der Waals surface area contributed by atoms with Crippen LogP contribution in [0.15, 0.2) is 24.3 Å². The number of benzene rings is 1. The Morgan fingerprint density at radius 1 is 1.42 bits per heavy atom. The Bertz CT molecular complexity index is 252. The van der Waals surface area contributed by atoms with E-state index in [9.17, 15) is 0 Å². The van der Waals surface area contributed by atoms with E-state index in [2.05, 4.69) is 23.7 Å². The highest BCUT2D eigenvalue weighted by molar-refractivity contribution is 7.77. The lowest BCUT2D eigenvalue weighted by atomic mass is 10.2. The number of aryl methyl sites for hydroxylation is 1. The summed E-state index contributed by atoms with van der Waals surface area (Å²) < 4.78 is 1.49. The normalized spacial score (nSPS) is 10.3. The van der Waals surface area contributed by atoms with Gasteiger partial charge in [-0.2, -0.15) is 0 Å². The number of anilines is 1. The van der Waals surface area contributed by atoms with Crippen LogP contribution in [0.4, 0.5) is 5.69 Å². The molecule has 0 radical (unpaired) electrons. The SMILES string of the molecule is CNN(S)Nc1cccc(C)c1. The molecule has 0 fully saturated rings. The third kappa shape index (κ3) is 2.73. The second-order valence-electron chi connectivity index (χ2n) is 2.52. The lowest BCUT2D eigenvalue weighted by molar-refractivity contribution is 0.463. The first-order valence-corrected chi connectivity index (χ1v) is 4.12. The van der Waals surface area contributed by atoms with Crippen molar-refractivity contribution < 1.29 is 0 Å². The van der Waals surface area contributed by atoms with Crippen LogP contribution in [0.25, 0.3) is 0 Å². The fraction of sp³-hybridized carbons (Fsp3) is 0.250. The van der Waals surface area contributed by atoms with E-state index in [-0.39, 0.29) is 0 Å². The molecule has 0 bridgehead atoms. The van der Waals surface area contributed by atoms with Gasteiger partial charge in [0, 0.05) is 7.05 Å². The molecular formula is C8H13N3S. The maximum atomic E-state index is 4.09. The van der Waals surface area contributed by atoms with Crippen LogP contribution in [0.1, 0.15) is 5.56 Å². The van der Waals surface area contributed by atoms with E-state index in [1.807, 2.05) is 31.2 Å². The van der Waals surface area contributed by atoms with E-state index in [4.69, 9.17) is 0 Å². The van der Waals surface area contributed by atoms with Crippen molar-refractivity contribution >= 4 is 18.5 Å². The monoisotopic (exact) mass is 183 g/mol. The van der Waals surface area contributed by atoms with Gasteiger partial charge >= 0.3 is 0 Å². The van der Waals surface area contributed by atoms with Crippen LogP contribution in [-0.2, 0) is 0 Å². The molecule has 4 heteroatoms. The van der Waals surface area contributed by atoms with Gasteiger partial charge in [-0.1, -0.05) is 24.9 Å². The lowest BCUT2D eigenvalue weighted by Crippen LogP contribution is -2.31. The molecule has 2 N–H and O–H groups in total. The van der Waals surface area contributed by atoms with Crippen LogP contribution in [-0.4, -0.2) is 11.6 Å². The summed E-state index contributed by atoms with van der Waals surface area (Å²) in [5.74, 6) is 0. The van der Waals surface area contributed by atoms with Crippen molar-refractivity contribution in [3.05, 3.63) is 29.8 Å². The van der Waals surface area contributed by atoms with Crippen LogP contribution in [0.5, 0.6) is 0 Å². The van der Waals surface area contributed by atoms with Crippen LogP contribution in [0.2, 0.25) is 0 Å². The molecule has 66 valence electrons. The highest BCUT2D eigenvalue weighted by atomic mass is 32.1. The van der Waals surface area contributed by atoms with Crippen molar-refractivity contribution in [1.29, 1.82) is 0 Å². The summed E-state index contributed by atoms with van der Waals surface area (Å²) in [5, 5.41) is 0. The average molecular weight is 183 g/mol. The van der Waals surface area contributed by atoms with Gasteiger partial charge in [-0.15, -0.1) is 4.52 Å². The van der Waals surface area contributed by atoms with Crippen molar-refractivity contribution in [2.24, 2.45) is 0 Å². The number of hydrazine groups is 2. The summed E-state index contributed by atoms with van der Waals surface area (Å²) in [6.45, 7) is 2.05. The van der Waals surface area contributed by atoms with Crippen LogP contribution in [0, 0.1) is 6.92 Å². The highest BCUT2D eigenvalue weighted by Gasteiger charge is 1.94. The Morgan fingerprint density at radius 2 is 2.17 bits per heavy atom. The molecular weight excluding hydrogens is 170 g/mol. The maximum absolute atomic E-state index is 4.09. The number of hydrogen-bond acceptors (Lipinski definition) is 4. The average Bonchev–Trinajstić information content (AvgIpc) is 2.04. The number of thiol groups is 1. The highest BCUT2D eigenvalue weighted by Crippen LogP contribution is 2.09. The summed E-state index contributed by atoms with van der Waals surface area (Å²) in [4.78, 5) is 0. The Labute approximate surface area is 78.3 Å². The molecule has 0 aliphatic carbocycles. The van der Waals surface area contributed by atoms with Crippen molar-refractivity contribution in [3.8, 4) is 0 Å². The van der Waals surface area contributed by atoms with Gasteiger partial charge in [-0.05, 0) is 24.6 Å². The van der Waals surface area contributed by atoms with E-state index in [1.165, 1.54) is 10.1 Å². The third-order valence-electron chi connectivity index (χ3n) is 1.46. The number of rotatable bonds is 3. The van der Waals surface area contributed by atoms with Crippen molar-refractivity contribution in [3.63, 3.8) is 0 Å². The molecule has 0 aromatic heterocycles. The third-order valence-corrected chi connectivity index (χ3v) is 1.76. The fourth-order valence-corrected chi connectivity index (χ4v) is 1.01. The second-order valence-corrected chi connectivity index (χ2v) is 2.92. The van der Waals surface area contributed by atoms with Crippen molar-refractivity contribution in [2.45, 2.75) is 6.92 Å². The molecule has 1 rings (SSSR count). The Kier molecular flexibility index (Phi) is 3.40. The topological polar surface area (TPSA) is 27.3 Å². The maximum Gasteiger partial charge on any atom is 0.0515 e. The van der Waals surface area contributed by atoms with Gasteiger partial charge in [0.15, 0.2) is 0 Å². The Morgan fingerprint density at radius 3 is 2.75 bits per heavy atom. The molecule has 0 heterocycles. The van der Waals surface area contributed by atoms with E-state index in [1.54, 1.807) is 7.05 Å². The lowest BCUT2D eigenvalue weighted by Gasteiger charge is -2.15. The minimum atomic E-state index is 1.01. The van der Waals surface area contributed by atoms with E-state index in [0.717, 1.165) is 5.69 Å². The van der Waals surface area contributed by atoms with E-state index in [0.29, 0.717) is 0 Å². The second kappa shape index (κ2) is 4.35. The smallest absolute Gasteiger partial charge is 0.0515 e. The molecule has 0 aliphatic rings. The zero-order valence-corrected chi connectivity index (χ0v) is 8.10. The summed E-state index contributed by atoms with van der Waals surface area (Å²) in [7, 11) is 1.79. The molecule has 0 saturated heterocycles. The molecule has 0 aliphatic heterocycles. The largest absolute Gasteiger partial charge is 0.296 e. The van der Waals surface area contributed by atoms with Crippen LogP contribution in [0.3, 0.4) is 0 Å². The number of nitrogens with one attached hydrogen (secondary N) is 2. The zero-order valence-electron chi connectivity index (χ0n) is 7.20. The number of hydrogen-bond donors (Lipinski definition) is 3.